The number of rotatable bonds is 3. The quantitative estimate of drug-likeness (QED) is 0.211. The van der Waals surface area contributed by atoms with Crippen molar-refractivity contribution >= 4 is 54.3 Å². The van der Waals surface area contributed by atoms with Crippen LogP contribution in [0.3, 0.4) is 0 Å². The van der Waals surface area contributed by atoms with Crippen molar-refractivity contribution in [1.29, 1.82) is 0 Å². The largest absolute Gasteiger partial charge is 0.455 e. The molecule has 8 aromatic carbocycles. The highest BCUT2D eigenvalue weighted by Crippen LogP contribution is 2.43. The molecular formula is C40H24O. The maximum atomic E-state index is 6.32. The van der Waals surface area contributed by atoms with Crippen LogP contribution in [0.2, 0.25) is 0 Å². The molecule has 0 radical (unpaired) electrons. The SMILES string of the molecule is c1ccc(-c2ccc3ccc4ccc(-c5ccc(-c6cccc7c6oc6ccccc67)cc5)c5ccc2c3c45)cc1. The van der Waals surface area contributed by atoms with Crippen molar-refractivity contribution in [3.63, 3.8) is 0 Å². The summed E-state index contributed by atoms with van der Waals surface area (Å²) >= 11 is 0. The summed E-state index contributed by atoms with van der Waals surface area (Å²) in [7, 11) is 0. The van der Waals surface area contributed by atoms with Gasteiger partial charge in [0.25, 0.3) is 0 Å². The first kappa shape index (κ1) is 22.4. The molecule has 0 aliphatic heterocycles. The van der Waals surface area contributed by atoms with Gasteiger partial charge in [-0.2, -0.15) is 0 Å². The van der Waals surface area contributed by atoms with E-state index < -0.39 is 0 Å². The van der Waals surface area contributed by atoms with Crippen molar-refractivity contribution in [2.75, 3.05) is 0 Å². The second-order valence-electron chi connectivity index (χ2n) is 10.9. The molecule has 1 heteroatoms. The van der Waals surface area contributed by atoms with Crippen LogP contribution in [0.4, 0.5) is 0 Å². The molecule has 0 aliphatic rings. The van der Waals surface area contributed by atoms with E-state index in [9.17, 15) is 0 Å². The van der Waals surface area contributed by atoms with E-state index in [1.165, 1.54) is 54.6 Å². The molecule has 0 aliphatic carbocycles. The van der Waals surface area contributed by atoms with Crippen LogP contribution in [0.25, 0.3) is 87.6 Å². The van der Waals surface area contributed by atoms with Crippen molar-refractivity contribution in [2.45, 2.75) is 0 Å². The van der Waals surface area contributed by atoms with Crippen LogP contribution in [0.1, 0.15) is 0 Å². The van der Waals surface area contributed by atoms with Gasteiger partial charge in [0, 0.05) is 16.3 Å². The second-order valence-corrected chi connectivity index (χ2v) is 10.9. The number of para-hydroxylation sites is 2. The molecule has 0 atom stereocenters. The summed E-state index contributed by atoms with van der Waals surface area (Å²) in [6, 6.07) is 52.6. The van der Waals surface area contributed by atoms with Crippen molar-refractivity contribution in [1.82, 2.24) is 0 Å². The van der Waals surface area contributed by atoms with Crippen LogP contribution in [0, 0.1) is 0 Å². The maximum absolute atomic E-state index is 6.32. The summed E-state index contributed by atoms with van der Waals surface area (Å²) in [5, 5.41) is 10.2. The topological polar surface area (TPSA) is 13.1 Å². The molecule has 0 bridgehead atoms. The molecule has 9 aromatic rings. The van der Waals surface area contributed by atoms with Crippen LogP contribution < -0.4 is 0 Å². The van der Waals surface area contributed by atoms with Crippen LogP contribution in [-0.4, -0.2) is 0 Å². The molecule has 1 aromatic heterocycles. The first-order valence-corrected chi connectivity index (χ1v) is 14.1. The van der Waals surface area contributed by atoms with Gasteiger partial charge in [0.2, 0.25) is 0 Å². The van der Waals surface area contributed by atoms with Gasteiger partial charge in [-0.3, -0.25) is 0 Å². The average Bonchev–Trinajstić information content (AvgIpc) is 3.43. The lowest BCUT2D eigenvalue weighted by Gasteiger charge is -2.16. The van der Waals surface area contributed by atoms with E-state index >= 15 is 0 Å². The first-order chi connectivity index (χ1) is 20.3. The van der Waals surface area contributed by atoms with E-state index in [-0.39, 0.29) is 0 Å². The Morgan fingerprint density at radius 3 is 1.54 bits per heavy atom. The Hall–Kier alpha value is -5.40. The van der Waals surface area contributed by atoms with Gasteiger partial charge in [-0.1, -0.05) is 140 Å². The predicted molar refractivity (Wildman–Crippen MR) is 174 cm³/mol. The summed E-state index contributed by atoms with van der Waals surface area (Å²) in [6.45, 7) is 0. The van der Waals surface area contributed by atoms with Crippen molar-refractivity contribution in [2.24, 2.45) is 0 Å². The van der Waals surface area contributed by atoms with E-state index in [0.29, 0.717) is 0 Å². The number of benzene rings is 8. The lowest BCUT2D eigenvalue weighted by atomic mass is 9.87. The summed E-state index contributed by atoms with van der Waals surface area (Å²) in [5.41, 5.74) is 9.15. The number of hydrogen-bond acceptors (Lipinski definition) is 1. The molecule has 1 nitrogen and oxygen atoms in total. The molecule has 0 saturated heterocycles. The van der Waals surface area contributed by atoms with Gasteiger partial charge in [0.05, 0.1) is 0 Å². The number of hydrogen-bond donors (Lipinski definition) is 0. The predicted octanol–water partition coefficient (Wildman–Crippen LogP) is 11.5. The van der Waals surface area contributed by atoms with Gasteiger partial charge in [0.1, 0.15) is 11.2 Å². The van der Waals surface area contributed by atoms with Crippen LogP contribution >= 0.6 is 0 Å². The van der Waals surface area contributed by atoms with Gasteiger partial charge >= 0.3 is 0 Å². The van der Waals surface area contributed by atoms with Gasteiger partial charge < -0.3 is 4.42 Å². The molecule has 0 fully saturated rings. The highest BCUT2D eigenvalue weighted by Gasteiger charge is 2.16. The molecule has 9 rings (SSSR count). The molecule has 0 spiro atoms. The Morgan fingerprint density at radius 1 is 0.317 bits per heavy atom. The molecule has 0 unspecified atom stereocenters. The first-order valence-electron chi connectivity index (χ1n) is 14.1. The monoisotopic (exact) mass is 520 g/mol. The highest BCUT2D eigenvalue weighted by molar-refractivity contribution is 6.27. The third-order valence-electron chi connectivity index (χ3n) is 8.66. The molecule has 0 N–H and O–H groups in total. The minimum Gasteiger partial charge on any atom is -0.455 e. The van der Waals surface area contributed by atoms with Crippen LogP contribution in [-0.2, 0) is 0 Å². The molecule has 0 saturated carbocycles. The zero-order valence-electron chi connectivity index (χ0n) is 22.3. The summed E-state index contributed by atoms with van der Waals surface area (Å²) in [5.74, 6) is 0. The van der Waals surface area contributed by atoms with Gasteiger partial charge in [0.15, 0.2) is 0 Å². The summed E-state index contributed by atoms with van der Waals surface area (Å²) < 4.78 is 6.32. The Kier molecular flexibility index (Phi) is 4.67. The molecule has 0 amide bonds. The Morgan fingerprint density at radius 2 is 0.854 bits per heavy atom. The average molecular weight is 521 g/mol. The molecular weight excluding hydrogens is 496 g/mol. The third-order valence-corrected chi connectivity index (χ3v) is 8.66. The van der Waals surface area contributed by atoms with Gasteiger partial charge in [-0.15, -0.1) is 0 Å². The minimum absolute atomic E-state index is 0.927. The molecule has 1 heterocycles. The Balaban J connectivity index is 1.21. The standard InChI is InChI=1S/C40H24O/c1-2-7-25(8-3-1)30-21-19-28-17-18-29-20-22-31(35-24-23-34(30)38(28)39(29)35)26-13-15-27(16-14-26)32-10-6-11-36-33-9-4-5-12-37(33)41-40(32)36/h1-24H. The normalized spacial score (nSPS) is 11.9. The van der Waals surface area contributed by atoms with Gasteiger partial charge in [-0.05, 0) is 66.2 Å². The van der Waals surface area contributed by atoms with Crippen molar-refractivity contribution in [3.05, 3.63) is 146 Å². The summed E-state index contributed by atoms with van der Waals surface area (Å²) in [6.07, 6.45) is 0. The van der Waals surface area contributed by atoms with Crippen molar-refractivity contribution < 1.29 is 4.42 Å². The Labute approximate surface area is 237 Å². The minimum atomic E-state index is 0.927. The zero-order chi connectivity index (χ0) is 26.9. The molecule has 41 heavy (non-hydrogen) atoms. The number of fused-ring (bicyclic) bond motifs is 3. The van der Waals surface area contributed by atoms with E-state index in [1.54, 1.807) is 0 Å². The van der Waals surface area contributed by atoms with Gasteiger partial charge in [-0.25, -0.2) is 0 Å². The van der Waals surface area contributed by atoms with E-state index in [0.717, 1.165) is 33.1 Å². The fraction of sp³-hybridized carbons (Fsp3) is 0. The fourth-order valence-corrected chi connectivity index (χ4v) is 6.73. The van der Waals surface area contributed by atoms with E-state index in [4.69, 9.17) is 4.42 Å². The third kappa shape index (κ3) is 3.30. The second kappa shape index (κ2) is 8.55. The van der Waals surface area contributed by atoms with E-state index in [1.807, 2.05) is 12.1 Å². The highest BCUT2D eigenvalue weighted by atomic mass is 16.3. The molecule has 190 valence electrons. The maximum Gasteiger partial charge on any atom is 0.143 e. The smallest absolute Gasteiger partial charge is 0.143 e. The van der Waals surface area contributed by atoms with Crippen LogP contribution in [0.15, 0.2) is 150 Å². The van der Waals surface area contributed by atoms with E-state index in [2.05, 4.69) is 133 Å². The lowest BCUT2D eigenvalue weighted by molar-refractivity contribution is 0.670. The van der Waals surface area contributed by atoms with Crippen molar-refractivity contribution in [3.8, 4) is 33.4 Å². The van der Waals surface area contributed by atoms with Crippen LogP contribution in [0.5, 0.6) is 0 Å². The Bertz CT molecular complexity index is 2390. The number of furan rings is 1. The fourth-order valence-electron chi connectivity index (χ4n) is 6.73. The summed E-state index contributed by atoms with van der Waals surface area (Å²) in [4.78, 5) is 0. The zero-order valence-corrected chi connectivity index (χ0v) is 22.3. The lowest BCUT2D eigenvalue weighted by Crippen LogP contribution is -1.89.